The van der Waals surface area contributed by atoms with E-state index < -0.39 is 10.7 Å². The van der Waals surface area contributed by atoms with Crippen LogP contribution in [0.5, 0.6) is 0 Å². The van der Waals surface area contributed by atoms with Gasteiger partial charge in [0.25, 0.3) is 0 Å². The monoisotopic (exact) mass is 176 g/mol. The zero-order valence-corrected chi connectivity index (χ0v) is 6.53. The lowest BCUT2D eigenvalue weighted by atomic mass is 16.0. The average Bonchev–Trinajstić information content (AvgIpc) is 1.71. The van der Waals surface area contributed by atoms with Crippen LogP contribution in [0.3, 0.4) is 0 Å². The Morgan fingerprint density at radius 1 is 1.50 bits per heavy atom. The molecule has 0 aromatic rings. The van der Waals surface area contributed by atoms with Crippen LogP contribution in [0.25, 0.3) is 0 Å². The van der Waals surface area contributed by atoms with Crippen molar-refractivity contribution in [3.63, 3.8) is 0 Å². The maximum atomic E-state index is 11.0. The third-order valence-corrected chi connectivity index (χ3v) is 50.5. The summed E-state index contributed by atoms with van der Waals surface area (Å²) >= 11 is 0. The molecule has 3 aliphatic rings. The van der Waals surface area contributed by atoms with Crippen molar-refractivity contribution < 1.29 is 4.21 Å². The Morgan fingerprint density at radius 3 is 1.67 bits per heavy atom. The van der Waals surface area contributed by atoms with Gasteiger partial charge in [-0.1, -0.05) is 0 Å². The van der Waals surface area contributed by atoms with Gasteiger partial charge < -0.3 is 0 Å². The average molecular weight is 176 g/mol. The molecule has 0 saturated carbocycles. The molecule has 6 heteroatoms. The molecule has 0 radical (unpaired) electrons. The van der Waals surface area contributed by atoms with E-state index in [2.05, 4.69) is 0 Å². The van der Waals surface area contributed by atoms with Crippen molar-refractivity contribution >= 4 is 39.4 Å². The molecule has 2 fully saturated rings. The number of hydrogen-bond donors (Lipinski definition) is 0. The van der Waals surface area contributed by atoms with Crippen molar-refractivity contribution in [2.24, 2.45) is 0 Å². The molecule has 0 atom stereocenters. The van der Waals surface area contributed by atoms with Gasteiger partial charge in [0.05, 0.1) is 0 Å². The second-order valence-electron chi connectivity index (χ2n) is 1.29. The molecule has 0 aliphatic carbocycles. The first-order chi connectivity index (χ1) is 2.68. The summed E-state index contributed by atoms with van der Waals surface area (Å²) in [7, 11) is 5.29. The lowest BCUT2D eigenvalue weighted by molar-refractivity contribution is 0.697. The predicted octanol–water partition coefficient (Wildman–Crippen LogP) is 2.26. The SMILES string of the molecule is O=S123SS1(#S2)S3. The maximum Gasteiger partial charge on any atom is 0.131 e. The summed E-state index contributed by atoms with van der Waals surface area (Å²) in [5, 5.41) is -1.70. The van der Waals surface area contributed by atoms with Crippen molar-refractivity contribution in [1.29, 1.82) is 0 Å². The Hall–Kier alpha value is 1.42. The summed E-state index contributed by atoms with van der Waals surface area (Å²) < 4.78 is 11.0. The highest BCUT2D eigenvalue weighted by atomic mass is 34.9. The minimum absolute atomic E-state index is 0.401. The predicted molar refractivity (Wildman–Crippen MR) is 38.5 cm³/mol. The molecule has 0 aromatic heterocycles. The van der Waals surface area contributed by atoms with E-state index in [4.69, 9.17) is 0 Å². The topological polar surface area (TPSA) is 17.1 Å². The van der Waals surface area contributed by atoms with Crippen molar-refractivity contribution in [3.8, 4) is 0 Å². The highest BCUT2D eigenvalue weighted by molar-refractivity contribution is 10.4. The zero-order chi connectivity index (χ0) is 4.07. The van der Waals surface area contributed by atoms with Crippen molar-refractivity contribution in [1.82, 2.24) is 0 Å². The lowest BCUT2D eigenvalue weighted by Gasteiger charge is -1.89. The van der Waals surface area contributed by atoms with Crippen LogP contribution in [0.4, 0.5) is 0 Å². The van der Waals surface area contributed by atoms with Crippen molar-refractivity contribution in [3.05, 3.63) is 0 Å². The van der Waals surface area contributed by atoms with Crippen molar-refractivity contribution in [2.45, 2.75) is 0 Å². The first kappa shape index (κ1) is 3.45. The third-order valence-electron chi connectivity index (χ3n) is 0.871. The van der Waals surface area contributed by atoms with Crippen LogP contribution in [-0.4, -0.2) is 4.21 Å². The van der Waals surface area contributed by atoms with Gasteiger partial charge >= 0.3 is 0 Å². The van der Waals surface area contributed by atoms with Gasteiger partial charge in [-0.05, 0) is 9.13 Å². The van der Waals surface area contributed by atoms with Gasteiger partial charge in [-0.2, -0.15) is 0 Å². The summed E-state index contributed by atoms with van der Waals surface area (Å²) in [6.07, 6.45) is 0. The second kappa shape index (κ2) is 0.452. The van der Waals surface area contributed by atoms with Crippen LogP contribution < -0.4 is 0 Å². The van der Waals surface area contributed by atoms with Crippen LogP contribution in [0, 0.1) is 0 Å². The molecule has 3 heterocycles. The van der Waals surface area contributed by atoms with E-state index in [1.807, 2.05) is 0 Å². The molecular formula is OS5. The molecule has 0 aromatic carbocycles. The van der Waals surface area contributed by atoms with E-state index in [0.29, 0.717) is 0 Å². The molecule has 0 unspecified atom stereocenters. The summed E-state index contributed by atoms with van der Waals surface area (Å²) in [5.74, 6) is 0. The smallest absolute Gasteiger partial charge is 0.131 e. The normalized spacial score (nSPS) is 76.3. The molecule has 2 saturated heterocycles. The fourth-order valence-electron chi connectivity index (χ4n) is 0.390. The van der Waals surface area contributed by atoms with Crippen LogP contribution in [-0.2, 0) is 5.19 Å². The van der Waals surface area contributed by atoms with Gasteiger partial charge in [-0.25, -0.2) is 4.21 Å². The molecule has 6 heavy (non-hydrogen) atoms. The van der Waals surface area contributed by atoms with Gasteiger partial charge in [0.15, 0.2) is 0 Å². The molecule has 36 valence electrons. The Balaban J connectivity index is 3.01. The van der Waals surface area contributed by atoms with Crippen LogP contribution >= 0.6 is 34.2 Å². The van der Waals surface area contributed by atoms with Gasteiger partial charge in [-0.3, -0.25) is 0 Å². The van der Waals surface area contributed by atoms with Crippen LogP contribution in [0.15, 0.2) is 0 Å². The summed E-state index contributed by atoms with van der Waals surface area (Å²) in [4.78, 5) is 0. The number of hydrogen-bond acceptors (Lipinski definition) is 3. The lowest BCUT2D eigenvalue weighted by Crippen LogP contribution is -1.67. The van der Waals surface area contributed by atoms with E-state index >= 15 is 0 Å². The molecule has 1 nitrogen and oxygen atoms in total. The minimum Gasteiger partial charge on any atom is -0.235 e. The van der Waals surface area contributed by atoms with Gasteiger partial charge in [0.1, 0.15) is 5.19 Å². The maximum absolute atomic E-state index is 11.0. The van der Waals surface area contributed by atoms with E-state index in [-0.39, 0.29) is 0 Å². The van der Waals surface area contributed by atoms with E-state index in [0.717, 1.165) is 0 Å². The highest BCUT2D eigenvalue weighted by Gasteiger charge is 2.97. The zero-order valence-electron chi connectivity index (χ0n) is 2.45. The fraction of sp³-hybridized carbons (Fsp3) is 0. The molecule has 0 spiro atoms. The molecule has 0 bridgehead atoms. The van der Waals surface area contributed by atoms with Crippen LogP contribution in [0.1, 0.15) is 0 Å². The third kappa shape index (κ3) is 0.131. The Kier molecular flexibility index (Phi) is 0.260. The largest absolute Gasteiger partial charge is 0.235 e. The van der Waals surface area contributed by atoms with Crippen molar-refractivity contribution in [2.75, 3.05) is 0 Å². The van der Waals surface area contributed by atoms with Gasteiger partial charge in [0.2, 0.25) is 0 Å². The van der Waals surface area contributed by atoms with E-state index in [1.165, 1.54) is 0 Å². The fourth-order valence-corrected chi connectivity index (χ4v) is 64.6. The summed E-state index contributed by atoms with van der Waals surface area (Å²) in [6, 6.07) is 0. The number of rotatable bonds is 0. The summed E-state index contributed by atoms with van der Waals surface area (Å²) in [6.45, 7) is 0. The molecule has 3 rings (SSSR count). The van der Waals surface area contributed by atoms with E-state index in [1.54, 1.807) is 28.8 Å². The van der Waals surface area contributed by atoms with Gasteiger partial charge in [-0.15, -0.1) is 0 Å². The summed E-state index contributed by atoms with van der Waals surface area (Å²) in [5.41, 5.74) is -0.401. The Labute approximate surface area is 43.5 Å². The Morgan fingerprint density at radius 2 is 1.67 bits per heavy atom. The first-order valence-electron chi connectivity index (χ1n) is 1.33. The highest BCUT2D eigenvalue weighted by Crippen LogP contribution is 3.34. The quantitative estimate of drug-likeness (QED) is 0.416. The molecule has 3 aliphatic heterocycles. The van der Waals surface area contributed by atoms with Gasteiger partial charge in [0, 0.05) is 25.1 Å². The minimum atomic E-state index is -1.70. The second-order valence-corrected chi connectivity index (χ2v) is 30.0. The van der Waals surface area contributed by atoms with Crippen LogP contribution in [0.2, 0.25) is 0 Å². The van der Waals surface area contributed by atoms with E-state index in [9.17, 15) is 4.21 Å². The molecule has 0 N–H and O–H groups in total. The standard InChI is InChI=1S/OS5/c1-6-2-5(6,3-6)4-6. The Bertz CT molecular complexity index is 313. The molecule has 0 amide bonds. The first-order valence-corrected chi connectivity index (χ1v) is 11.0. The molecular weight excluding hydrogens is 176 g/mol.